The molecule has 1 aliphatic heterocycles. The van der Waals surface area contributed by atoms with Gasteiger partial charge in [-0.25, -0.2) is 0 Å². The van der Waals surface area contributed by atoms with Crippen molar-refractivity contribution < 1.29 is 0 Å². The fraction of sp³-hybridized carbons (Fsp3) is 0.375. The Labute approximate surface area is 201 Å². The Kier molecular flexibility index (Phi) is 8.18. The van der Waals surface area contributed by atoms with Crippen LogP contribution in [-0.2, 0) is 11.8 Å². The van der Waals surface area contributed by atoms with Crippen LogP contribution < -0.4 is 0 Å². The lowest BCUT2D eigenvalue weighted by Gasteiger charge is -2.39. The Bertz CT molecular complexity index is 985. The standard InChI is InChI=1S/C32H39N/c1-3-5-14-29-17-12-13-20-31(29)32(4-2,30-18-10-7-11-19-30)23-26-33-24-21-28(22-25-33)27-15-8-6-9-16-27/h3,6-13,15-20,28H,1,4-5,14,21-26H2,2H3. The second-order valence-electron chi connectivity index (χ2n) is 9.56. The third-order valence-electron chi connectivity index (χ3n) is 7.79. The van der Waals surface area contributed by atoms with E-state index >= 15 is 0 Å². The molecule has 1 fully saturated rings. The van der Waals surface area contributed by atoms with Gasteiger partial charge in [-0.3, -0.25) is 0 Å². The molecule has 3 aromatic carbocycles. The van der Waals surface area contributed by atoms with Crippen LogP contribution in [0.2, 0.25) is 0 Å². The van der Waals surface area contributed by atoms with Gasteiger partial charge < -0.3 is 4.90 Å². The van der Waals surface area contributed by atoms with Crippen molar-refractivity contribution in [3.05, 3.63) is 120 Å². The van der Waals surface area contributed by atoms with Gasteiger partial charge in [-0.2, -0.15) is 0 Å². The predicted octanol–water partition coefficient (Wildman–Crippen LogP) is 7.77. The highest BCUT2D eigenvalue weighted by Gasteiger charge is 2.34. The maximum absolute atomic E-state index is 3.96. The minimum atomic E-state index is 0.0509. The minimum Gasteiger partial charge on any atom is -0.303 e. The van der Waals surface area contributed by atoms with Gasteiger partial charge in [0.2, 0.25) is 0 Å². The summed E-state index contributed by atoms with van der Waals surface area (Å²) in [5, 5.41) is 0. The number of rotatable bonds is 10. The van der Waals surface area contributed by atoms with E-state index in [2.05, 4.69) is 103 Å². The van der Waals surface area contributed by atoms with E-state index in [1.807, 2.05) is 6.08 Å². The predicted molar refractivity (Wildman–Crippen MR) is 142 cm³/mol. The maximum Gasteiger partial charge on any atom is 0.0215 e. The Balaban J connectivity index is 1.54. The van der Waals surface area contributed by atoms with Crippen LogP contribution in [0.4, 0.5) is 0 Å². The van der Waals surface area contributed by atoms with Crippen molar-refractivity contribution in [1.82, 2.24) is 4.90 Å². The molecule has 3 aromatic rings. The average Bonchev–Trinajstić information content (AvgIpc) is 2.90. The Morgan fingerprint density at radius 2 is 1.52 bits per heavy atom. The number of allylic oxidation sites excluding steroid dienone is 1. The summed E-state index contributed by atoms with van der Waals surface area (Å²) in [7, 11) is 0. The second-order valence-corrected chi connectivity index (χ2v) is 9.56. The van der Waals surface area contributed by atoms with Gasteiger partial charge in [0.05, 0.1) is 0 Å². The average molecular weight is 438 g/mol. The SMILES string of the molecule is C=CCCc1ccccc1C(CC)(CCN1CCC(c2ccccc2)CC1)c1ccccc1. The lowest BCUT2D eigenvalue weighted by Crippen LogP contribution is -2.38. The molecule has 0 aliphatic carbocycles. The highest BCUT2D eigenvalue weighted by Crippen LogP contribution is 2.41. The first-order valence-electron chi connectivity index (χ1n) is 12.8. The van der Waals surface area contributed by atoms with Crippen molar-refractivity contribution in [2.45, 2.75) is 56.8 Å². The molecule has 1 atom stereocenters. The van der Waals surface area contributed by atoms with Crippen LogP contribution in [0.5, 0.6) is 0 Å². The van der Waals surface area contributed by atoms with Crippen molar-refractivity contribution in [3.8, 4) is 0 Å². The van der Waals surface area contributed by atoms with Crippen molar-refractivity contribution in [3.63, 3.8) is 0 Å². The molecule has 0 amide bonds. The van der Waals surface area contributed by atoms with Gasteiger partial charge in [-0.05, 0) is 86.3 Å². The molecule has 4 rings (SSSR count). The quantitative estimate of drug-likeness (QED) is 0.293. The summed E-state index contributed by atoms with van der Waals surface area (Å²) < 4.78 is 0. The number of hydrogen-bond donors (Lipinski definition) is 0. The van der Waals surface area contributed by atoms with E-state index in [9.17, 15) is 0 Å². The van der Waals surface area contributed by atoms with E-state index in [0.29, 0.717) is 5.92 Å². The highest BCUT2D eigenvalue weighted by atomic mass is 15.1. The van der Waals surface area contributed by atoms with Crippen molar-refractivity contribution >= 4 is 0 Å². The molecule has 0 saturated carbocycles. The molecule has 1 aliphatic rings. The van der Waals surface area contributed by atoms with Gasteiger partial charge >= 0.3 is 0 Å². The second kappa shape index (κ2) is 11.5. The van der Waals surface area contributed by atoms with E-state index in [-0.39, 0.29) is 5.41 Å². The van der Waals surface area contributed by atoms with Crippen molar-refractivity contribution in [2.24, 2.45) is 0 Å². The maximum atomic E-state index is 3.96. The summed E-state index contributed by atoms with van der Waals surface area (Å²) >= 11 is 0. The zero-order valence-electron chi connectivity index (χ0n) is 20.3. The number of likely N-dealkylation sites (tertiary alicyclic amines) is 1. The number of hydrogen-bond acceptors (Lipinski definition) is 1. The van der Waals surface area contributed by atoms with Gasteiger partial charge in [-0.15, -0.1) is 6.58 Å². The molecular weight excluding hydrogens is 398 g/mol. The van der Waals surface area contributed by atoms with Crippen molar-refractivity contribution in [2.75, 3.05) is 19.6 Å². The molecule has 1 saturated heterocycles. The van der Waals surface area contributed by atoms with Crippen LogP contribution in [-0.4, -0.2) is 24.5 Å². The third-order valence-corrected chi connectivity index (χ3v) is 7.79. The fourth-order valence-electron chi connectivity index (χ4n) is 5.79. The molecular formula is C32H39N. The zero-order chi connectivity index (χ0) is 22.9. The van der Waals surface area contributed by atoms with E-state index in [1.165, 1.54) is 48.2 Å². The lowest BCUT2D eigenvalue weighted by atomic mass is 9.68. The molecule has 0 aromatic heterocycles. The summed E-state index contributed by atoms with van der Waals surface area (Å²) in [4.78, 5) is 2.71. The number of nitrogens with zero attached hydrogens (tertiary/aromatic N) is 1. The Morgan fingerprint density at radius 3 is 2.18 bits per heavy atom. The summed E-state index contributed by atoms with van der Waals surface area (Å²) in [6, 6.07) is 31.5. The molecule has 0 spiro atoms. The van der Waals surface area contributed by atoms with E-state index < -0.39 is 0 Å². The molecule has 1 heterocycles. The fourth-order valence-corrected chi connectivity index (χ4v) is 5.79. The molecule has 0 bridgehead atoms. The molecule has 1 heteroatoms. The zero-order valence-corrected chi connectivity index (χ0v) is 20.3. The number of benzene rings is 3. The van der Waals surface area contributed by atoms with E-state index in [4.69, 9.17) is 0 Å². The number of piperidine rings is 1. The van der Waals surface area contributed by atoms with Gasteiger partial charge in [-0.1, -0.05) is 97.9 Å². The molecule has 0 N–H and O–H groups in total. The largest absolute Gasteiger partial charge is 0.303 e. The van der Waals surface area contributed by atoms with E-state index in [0.717, 1.165) is 32.2 Å². The van der Waals surface area contributed by atoms with Gasteiger partial charge in [0, 0.05) is 5.41 Å². The van der Waals surface area contributed by atoms with Crippen LogP contribution in [0.1, 0.15) is 67.2 Å². The third kappa shape index (κ3) is 5.47. The minimum absolute atomic E-state index is 0.0509. The molecule has 0 radical (unpaired) electrons. The molecule has 172 valence electrons. The Morgan fingerprint density at radius 1 is 0.879 bits per heavy atom. The summed E-state index contributed by atoms with van der Waals surface area (Å²) in [6.07, 6.45) is 8.95. The van der Waals surface area contributed by atoms with Crippen LogP contribution in [0.25, 0.3) is 0 Å². The molecule has 33 heavy (non-hydrogen) atoms. The normalized spacial score (nSPS) is 16.9. The highest BCUT2D eigenvalue weighted by molar-refractivity contribution is 5.44. The smallest absolute Gasteiger partial charge is 0.0215 e. The number of aryl methyl sites for hydroxylation is 1. The summed E-state index contributed by atoms with van der Waals surface area (Å²) in [5.74, 6) is 0.715. The first-order valence-corrected chi connectivity index (χ1v) is 12.8. The summed E-state index contributed by atoms with van der Waals surface area (Å²) in [5.41, 5.74) is 6.01. The van der Waals surface area contributed by atoms with Crippen molar-refractivity contribution in [1.29, 1.82) is 0 Å². The van der Waals surface area contributed by atoms with E-state index in [1.54, 1.807) is 0 Å². The van der Waals surface area contributed by atoms with Crippen LogP contribution in [0.15, 0.2) is 97.6 Å². The topological polar surface area (TPSA) is 3.24 Å². The monoisotopic (exact) mass is 437 g/mol. The molecule has 1 nitrogen and oxygen atoms in total. The first kappa shape index (κ1) is 23.5. The molecule has 1 unspecified atom stereocenters. The summed E-state index contributed by atoms with van der Waals surface area (Å²) in [6.45, 7) is 9.89. The van der Waals surface area contributed by atoms with Crippen LogP contribution in [0.3, 0.4) is 0 Å². The Hall–Kier alpha value is -2.64. The van der Waals surface area contributed by atoms with Crippen LogP contribution in [0, 0.1) is 0 Å². The van der Waals surface area contributed by atoms with Crippen LogP contribution >= 0.6 is 0 Å². The van der Waals surface area contributed by atoms with Gasteiger partial charge in [0.15, 0.2) is 0 Å². The van der Waals surface area contributed by atoms with Gasteiger partial charge in [0.25, 0.3) is 0 Å². The lowest BCUT2D eigenvalue weighted by molar-refractivity contribution is 0.195. The first-order chi connectivity index (χ1) is 16.3. The van der Waals surface area contributed by atoms with Gasteiger partial charge in [0.1, 0.15) is 0 Å².